The predicted octanol–water partition coefficient (Wildman–Crippen LogP) is 3.53. The molecule has 1 N–H and O–H groups in total. The second kappa shape index (κ2) is 7.84. The lowest BCUT2D eigenvalue weighted by atomic mass is 10.1. The first-order chi connectivity index (χ1) is 13.4. The molecule has 1 amide bonds. The molecule has 142 valence electrons. The average molecular weight is 401 g/mol. The van der Waals surface area contributed by atoms with Crippen LogP contribution in [0.3, 0.4) is 0 Å². The summed E-state index contributed by atoms with van der Waals surface area (Å²) >= 11 is 1.57. The van der Waals surface area contributed by atoms with Crippen LogP contribution < -0.4 is 5.32 Å². The van der Waals surface area contributed by atoms with Gasteiger partial charge < -0.3 is 4.42 Å². The van der Waals surface area contributed by atoms with Crippen molar-refractivity contribution in [3.63, 3.8) is 0 Å². The highest BCUT2D eigenvalue weighted by atomic mass is 32.2. The van der Waals surface area contributed by atoms with Gasteiger partial charge in [-0.15, -0.1) is 16.9 Å². The number of hydrogen-bond donors (Lipinski definition) is 1. The number of nitrogens with one attached hydrogen (secondary N) is 1. The van der Waals surface area contributed by atoms with Crippen molar-refractivity contribution in [3.05, 3.63) is 68.3 Å². The minimum absolute atomic E-state index is 0.160. The first-order valence-corrected chi connectivity index (χ1v) is 8.83. The summed E-state index contributed by atoms with van der Waals surface area (Å²) < 4.78 is 5.36. The highest BCUT2D eigenvalue weighted by Crippen LogP contribution is 2.25. The Labute approximate surface area is 161 Å². The predicted molar refractivity (Wildman–Crippen MR) is 99.2 cm³/mol. The summed E-state index contributed by atoms with van der Waals surface area (Å²) in [5.41, 5.74) is -0.819. The maximum Gasteiger partial charge on any atom is 0.322 e. The van der Waals surface area contributed by atoms with Gasteiger partial charge in [-0.25, -0.2) is 0 Å². The van der Waals surface area contributed by atoms with Gasteiger partial charge in [-0.2, -0.15) is 0 Å². The number of hydrogen-bond acceptors (Lipinski definition) is 9. The minimum atomic E-state index is -0.861. The van der Waals surface area contributed by atoms with Crippen LogP contribution in [0.25, 0.3) is 11.5 Å². The fourth-order valence-electron chi connectivity index (χ4n) is 2.23. The number of thioether (sulfide) groups is 1. The summed E-state index contributed by atoms with van der Waals surface area (Å²) in [6, 6.07) is 9.63. The van der Waals surface area contributed by atoms with Crippen LogP contribution in [0.2, 0.25) is 0 Å². The molecule has 0 aliphatic rings. The number of benzene rings is 2. The van der Waals surface area contributed by atoms with Gasteiger partial charge in [-0.3, -0.25) is 30.3 Å². The SMILES string of the molecule is CSc1ccc(-c2nnc(NC(=O)c3cc([N+](=O)[O-])cc([N+](=O)[O-])c3)o2)cc1. The Morgan fingerprint density at radius 1 is 1.04 bits per heavy atom. The Morgan fingerprint density at radius 3 is 2.18 bits per heavy atom. The third-order valence-electron chi connectivity index (χ3n) is 3.57. The lowest BCUT2D eigenvalue weighted by molar-refractivity contribution is -0.394. The Morgan fingerprint density at radius 2 is 1.64 bits per heavy atom. The molecule has 3 aromatic rings. The molecule has 0 aliphatic carbocycles. The molecule has 0 aliphatic heterocycles. The summed E-state index contributed by atoms with van der Waals surface area (Å²) in [4.78, 5) is 33.5. The molecule has 2 aromatic carbocycles. The van der Waals surface area contributed by atoms with Crippen molar-refractivity contribution in [3.8, 4) is 11.5 Å². The normalized spacial score (nSPS) is 10.5. The summed E-state index contributed by atoms with van der Waals surface area (Å²) in [7, 11) is 0. The minimum Gasteiger partial charge on any atom is -0.403 e. The quantitative estimate of drug-likeness (QED) is 0.371. The van der Waals surface area contributed by atoms with Crippen LogP contribution >= 0.6 is 11.8 Å². The molecule has 0 atom stereocenters. The van der Waals surface area contributed by atoms with Crippen LogP contribution in [0.5, 0.6) is 0 Å². The van der Waals surface area contributed by atoms with Crippen molar-refractivity contribution in [1.29, 1.82) is 0 Å². The van der Waals surface area contributed by atoms with Crippen molar-refractivity contribution in [2.45, 2.75) is 4.90 Å². The summed E-state index contributed by atoms with van der Waals surface area (Å²) in [6.45, 7) is 0. The summed E-state index contributed by atoms with van der Waals surface area (Å²) in [5.74, 6) is -0.701. The number of nitro benzene ring substituents is 2. The molecule has 0 saturated carbocycles. The molecule has 0 fully saturated rings. The first-order valence-electron chi connectivity index (χ1n) is 7.60. The van der Waals surface area contributed by atoms with Gasteiger partial charge in [0.05, 0.1) is 21.5 Å². The zero-order chi connectivity index (χ0) is 20.3. The molecular weight excluding hydrogens is 390 g/mol. The van der Waals surface area contributed by atoms with Gasteiger partial charge in [0.15, 0.2) is 0 Å². The number of carbonyl (C=O) groups is 1. The van der Waals surface area contributed by atoms with E-state index < -0.39 is 27.1 Å². The van der Waals surface area contributed by atoms with Crippen molar-refractivity contribution in [2.24, 2.45) is 0 Å². The molecule has 11 nitrogen and oxygen atoms in total. The van der Waals surface area contributed by atoms with Crippen LogP contribution in [0, 0.1) is 20.2 Å². The van der Waals surface area contributed by atoms with E-state index in [4.69, 9.17) is 4.42 Å². The van der Waals surface area contributed by atoms with Crippen LogP contribution in [0.1, 0.15) is 10.4 Å². The van der Waals surface area contributed by atoms with Gasteiger partial charge in [-0.1, -0.05) is 5.10 Å². The van der Waals surface area contributed by atoms with Gasteiger partial charge in [0.25, 0.3) is 17.3 Å². The third-order valence-corrected chi connectivity index (χ3v) is 4.31. The van der Waals surface area contributed by atoms with Gasteiger partial charge in [-0.05, 0) is 30.5 Å². The fourth-order valence-corrected chi connectivity index (χ4v) is 2.64. The van der Waals surface area contributed by atoms with E-state index in [1.54, 1.807) is 23.9 Å². The molecule has 1 heterocycles. The maximum absolute atomic E-state index is 12.3. The number of aromatic nitrogens is 2. The van der Waals surface area contributed by atoms with E-state index in [1.165, 1.54) is 0 Å². The Bertz CT molecular complexity index is 1030. The Kier molecular flexibility index (Phi) is 5.31. The fraction of sp³-hybridized carbons (Fsp3) is 0.0625. The second-order valence-electron chi connectivity index (χ2n) is 5.35. The lowest BCUT2D eigenvalue weighted by Gasteiger charge is -2.01. The molecule has 1 aromatic heterocycles. The van der Waals surface area contributed by atoms with Crippen molar-refractivity contribution < 1.29 is 19.1 Å². The van der Waals surface area contributed by atoms with Crippen LogP contribution in [-0.4, -0.2) is 32.2 Å². The molecule has 0 unspecified atom stereocenters. The van der Waals surface area contributed by atoms with Crippen LogP contribution in [0.15, 0.2) is 51.8 Å². The molecule has 12 heteroatoms. The van der Waals surface area contributed by atoms with E-state index in [1.807, 2.05) is 18.4 Å². The van der Waals surface area contributed by atoms with E-state index in [9.17, 15) is 25.0 Å². The van der Waals surface area contributed by atoms with Gasteiger partial charge in [0.1, 0.15) is 0 Å². The van der Waals surface area contributed by atoms with Crippen LogP contribution in [0.4, 0.5) is 17.4 Å². The van der Waals surface area contributed by atoms with Gasteiger partial charge >= 0.3 is 6.01 Å². The van der Waals surface area contributed by atoms with Crippen molar-refractivity contribution in [2.75, 3.05) is 11.6 Å². The molecule has 0 spiro atoms. The van der Waals surface area contributed by atoms with E-state index in [-0.39, 0.29) is 17.5 Å². The van der Waals surface area contributed by atoms with E-state index in [2.05, 4.69) is 15.5 Å². The lowest BCUT2D eigenvalue weighted by Crippen LogP contribution is -2.13. The van der Waals surface area contributed by atoms with E-state index in [0.29, 0.717) is 5.56 Å². The number of amides is 1. The van der Waals surface area contributed by atoms with Crippen LogP contribution in [-0.2, 0) is 0 Å². The Balaban J connectivity index is 1.82. The standard InChI is InChI=1S/C16H11N5O6S/c1-28-13-4-2-9(3-5-13)15-18-19-16(27-15)17-14(22)10-6-11(20(23)24)8-12(7-10)21(25)26/h2-8H,1H3,(H,17,19,22). The zero-order valence-electron chi connectivity index (χ0n) is 14.2. The number of nitrogens with zero attached hydrogens (tertiary/aromatic N) is 4. The van der Waals surface area contributed by atoms with E-state index in [0.717, 1.165) is 23.1 Å². The Hall–Kier alpha value is -3.80. The van der Waals surface area contributed by atoms with Crippen molar-refractivity contribution in [1.82, 2.24) is 10.2 Å². The summed E-state index contributed by atoms with van der Waals surface area (Å²) in [6.07, 6.45) is 1.94. The largest absolute Gasteiger partial charge is 0.403 e. The second-order valence-corrected chi connectivity index (χ2v) is 6.23. The highest BCUT2D eigenvalue weighted by molar-refractivity contribution is 7.98. The average Bonchev–Trinajstić information content (AvgIpc) is 3.16. The molecule has 3 rings (SSSR count). The molecule has 0 radical (unpaired) electrons. The number of non-ortho nitro benzene ring substituents is 2. The first kappa shape index (κ1) is 19.0. The third kappa shape index (κ3) is 4.12. The molecule has 28 heavy (non-hydrogen) atoms. The number of anilines is 1. The topological polar surface area (TPSA) is 154 Å². The molecule has 0 saturated heterocycles. The highest BCUT2D eigenvalue weighted by Gasteiger charge is 2.21. The van der Waals surface area contributed by atoms with Gasteiger partial charge in [0.2, 0.25) is 5.89 Å². The number of nitro groups is 2. The smallest absolute Gasteiger partial charge is 0.322 e. The molecule has 0 bridgehead atoms. The number of carbonyl (C=O) groups excluding carboxylic acids is 1. The monoisotopic (exact) mass is 401 g/mol. The summed E-state index contributed by atoms with van der Waals surface area (Å²) in [5, 5.41) is 31.6. The number of rotatable bonds is 6. The molecular formula is C16H11N5O6S. The van der Waals surface area contributed by atoms with Crippen molar-refractivity contribution >= 4 is 35.1 Å². The van der Waals surface area contributed by atoms with E-state index >= 15 is 0 Å². The van der Waals surface area contributed by atoms with Gasteiger partial charge in [0, 0.05) is 22.6 Å². The maximum atomic E-state index is 12.3. The zero-order valence-corrected chi connectivity index (χ0v) is 15.0.